The maximum Gasteiger partial charge on any atom is 0.131 e. The molecule has 1 heterocycles. The molecule has 18 heavy (non-hydrogen) atoms. The van der Waals surface area contributed by atoms with Crippen molar-refractivity contribution in [1.29, 1.82) is 0 Å². The number of aromatic nitrogens is 1. The first-order valence-electron chi connectivity index (χ1n) is 4.95. The van der Waals surface area contributed by atoms with Crippen molar-refractivity contribution in [3.05, 3.63) is 52.3 Å². The molecule has 2 N–H and O–H groups in total. The van der Waals surface area contributed by atoms with E-state index in [2.05, 4.69) is 4.98 Å². The molecule has 3 nitrogen and oxygen atoms in total. The molecule has 2 rings (SSSR count). The average molecular weight is 299 g/mol. The molecular weight excluding hydrogens is 291 g/mol. The summed E-state index contributed by atoms with van der Waals surface area (Å²) in [6.07, 6.45) is 1.57. The Bertz CT molecular complexity index is 604. The Morgan fingerprint density at radius 3 is 2.50 bits per heavy atom. The van der Waals surface area contributed by atoms with Crippen molar-refractivity contribution >= 4 is 40.4 Å². The maximum atomic E-state index is 5.90. The standard InChI is InChI=1S/C12H8Cl2N2OS/c13-9-2-1-7(5-10(9)14)17-8-3-4-16-11(6-8)12(15)18/h1-6H,(H2,15,18). The maximum absolute atomic E-state index is 5.90. The van der Waals surface area contributed by atoms with Gasteiger partial charge in [-0.3, -0.25) is 4.98 Å². The van der Waals surface area contributed by atoms with E-state index >= 15 is 0 Å². The molecule has 0 fully saturated rings. The second-order valence-electron chi connectivity index (χ2n) is 3.42. The van der Waals surface area contributed by atoms with Crippen molar-refractivity contribution in [1.82, 2.24) is 4.98 Å². The Balaban J connectivity index is 2.25. The number of hydrogen-bond acceptors (Lipinski definition) is 3. The number of nitrogens with zero attached hydrogens (tertiary/aromatic N) is 1. The number of halogens is 2. The summed E-state index contributed by atoms with van der Waals surface area (Å²) < 4.78 is 5.61. The monoisotopic (exact) mass is 298 g/mol. The van der Waals surface area contributed by atoms with Gasteiger partial charge in [0.2, 0.25) is 0 Å². The minimum atomic E-state index is 0.217. The molecular formula is C12H8Cl2N2OS. The van der Waals surface area contributed by atoms with E-state index in [4.69, 9.17) is 45.9 Å². The van der Waals surface area contributed by atoms with Crippen molar-refractivity contribution in [3.8, 4) is 11.5 Å². The van der Waals surface area contributed by atoms with Crippen molar-refractivity contribution in [2.45, 2.75) is 0 Å². The van der Waals surface area contributed by atoms with Crippen LogP contribution in [0.2, 0.25) is 10.0 Å². The summed E-state index contributed by atoms with van der Waals surface area (Å²) in [7, 11) is 0. The van der Waals surface area contributed by atoms with Crippen LogP contribution < -0.4 is 10.5 Å². The minimum absolute atomic E-state index is 0.217. The van der Waals surface area contributed by atoms with E-state index in [1.165, 1.54) is 0 Å². The van der Waals surface area contributed by atoms with Crippen LogP contribution in [0.15, 0.2) is 36.5 Å². The second-order valence-corrected chi connectivity index (χ2v) is 4.67. The van der Waals surface area contributed by atoms with Gasteiger partial charge in [0.15, 0.2) is 0 Å². The average Bonchev–Trinajstić information content (AvgIpc) is 2.34. The number of hydrogen-bond donors (Lipinski definition) is 1. The minimum Gasteiger partial charge on any atom is -0.457 e. The van der Waals surface area contributed by atoms with Crippen molar-refractivity contribution in [2.24, 2.45) is 5.73 Å². The van der Waals surface area contributed by atoms with Gasteiger partial charge in [-0.25, -0.2) is 0 Å². The molecule has 6 heteroatoms. The quantitative estimate of drug-likeness (QED) is 0.875. The molecule has 1 aromatic heterocycles. The topological polar surface area (TPSA) is 48.1 Å². The Labute approximate surface area is 119 Å². The Kier molecular flexibility index (Phi) is 4.01. The van der Waals surface area contributed by atoms with Gasteiger partial charge >= 0.3 is 0 Å². The summed E-state index contributed by atoms with van der Waals surface area (Å²) >= 11 is 16.6. The first-order valence-corrected chi connectivity index (χ1v) is 6.11. The molecule has 0 amide bonds. The molecule has 0 atom stereocenters. The molecule has 92 valence electrons. The predicted molar refractivity (Wildman–Crippen MR) is 76.7 cm³/mol. The van der Waals surface area contributed by atoms with Gasteiger partial charge in [-0.15, -0.1) is 0 Å². The molecule has 0 aliphatic heterocycles. The van der Waals surface area contributed by atoms with E-state index in [9.17, 15) is 0 Å². The van der Waals surface area contributed by atoms with Gasteiger partial charge in [-0.05, 0) is 18.2 Å². The fourth-order valence-electron chi connectivity index (χ4n) is 1.29. The van der Waals surface area contributed by atoms with Gasteiger partial charge in [0, 0.05) is 18.3 Å². The van der Waals surface area contributed by atoms with E-state index in [0.717, 1.165) is 0 Å². The lowest BCUT2D eigenvalue weighted by Gasteiger charge is -2.07. The van der Waals surface area contributed by atoms with Gasteiger partial charge in [-0.1, -0.05) is 35.4 Å². The molecule has 0 aliphatic carbocycles. The van der Waals surface area contributed by atoms with Gasteiger partial charge in [0.05, 0.1) is 10.0 Å². The third kappa shape index (κ3) is 3.10. The normalized spacial score (nSPS) is 10.1. The highest BCUT2D eigenvalue weighted by atomic mass is 35.5. The summed E-state index contributed by atoms with van der Waals surface area (Å²) in [6.45, 7) is 0. The second kappa shape index (κ2) is 5.52. The molecule has 0 radical (unpaired) electrons. The lowest BCUT2D eigenvalue weighted by atomic mass is 10.3. The van der Waals surface area contributed by atoms with Crippen LogP contribution >= 0.6 is 35.4 Å². The van der Waals surface area contributed by atoms with E-state index < -0.39 is 0 Å². The summed E-state index contributed by atoms with van der Waals surface area (Å²) in [6, 6.07) is 8.36. The zero-order valence-electron chi connectivity index (χ0n) is 9.06. The van der Waals surface area contributed by atoms with E-state index in [1.807, 2.05) is 0 Å². The summed E-state index contributed by atoms with van der Waals surface area (Å²) in [4.78, 5) is 4.24. The molecule has 0 unspecified atom stereocenters. The number of benzene rings is 1. The smallest absolute Gasteiger partial charge is 0.131 e. The van der Waals surface area contributed by atoms with Crippen LogP contribution in [0.5, 0.6) is 11.5 Å². The van der Waals surface area contributed by atoms with E-state index in [1.54, 1.807) is 36.5 Å². The zero-order chi connectivity index (χ0) is 13.1. The first-order chi connectivity index (χ1) is 8.56. The lowest BCUT2D eigenvalue weighted by Crippen LogP contribution is -2.11. The lowest BCUT2D eigenvalue weighted by molar-refractivity contribution is 0.482. The summed E-state index contributed by atoms with van der Waals surface area (Å²) in [5, 5.41) is 0.903. The number of rotatable bonds is 3. The fraction of sp³-hybridized carbons (Fsp3) is 0. The molecule has 0 saturated carbocycles. The Morgan fingerprint density at radius 1 is 1.11 bits per heavy atom. The number of thiocarbonyl (C=S) groups is 1. The molecule has 1 aromatic carbocycles. The highest BCUT2D eigenvalue weighted by Crippen LogP contribution is 2.29. The van der Waals surface area contributed by atoms with Gasteiger partial charge in [0.1, 0.15) is 22.2 Å². The van der Waals surface area contributed by atoms with Crippen molar-refractivity contribution in [2.75, 3.05) is 0 Å². The van der Waals surface area contributed by atoms with Crippen LogP contribution in [0.1, 0.15) is 5.69 Å². The molecule has 0 bridgehead atoms. The Hall–Kier alpha value is -1.36. The van der Waals surface area contributed by atoms with Crippen molar-refractivity contribution < 1.29 is 4.74 Å². The van der Waals surface area contributed by atoms with Crippen molar-refractivity contribution in [3.63, 3.8) is 0 Å². The van der Waals surface area contributed by atoms with Crippen LogP contribution in [-0.4, -0.2) is 9.97 Å². The molecule has 0 saturated heterocycles. The van der Waals surface area contributed by atoms with Crippen LogP contribution in [0, 0.1) is 0 Å². The third-order valence-corrected chi connectivity index (χ3v) is 3.06. The SMILES string of the molecule is NC(=S)c1cc(Oc2ccc(Cl)c(Cl)c2)ccn1. The van der Waals surface area contributed by atoms with Crippen LogP contribution in [0.25, 0.3) is 0 Å². The van der Waals surface area contributed by atoms with Gasteiger partial charge < -0.3 is 10.5 Å². The number of pyridine rings is 1. The highest BCUT2D eigenvalue weighted by Gasteiger charge is 2.04. The molecule has 2 aromatic rings. The first kappa shape index (κ1) is 13.1. The molecule has 0 spiro atoms. The fourth-order valence-corrected chi connectivity index (χ4v) is 1.69. The number of ether oxygens (including phenoxy) is 1. The van der Waals surface area contributed by atoms with Gasteiger partial charge in [-0.2, -0.15) is 0 Å². The van der Waals surface area contributed by atoms with Gasteiger partial charge in [0.25, 0.3) is 0 Å². The third-order valence-electron chi connectivity index (χ3n) is 2.11. The highest BCUT2D eigenvalue weighted by molar-refractivity contribution is 7.80. The van der Waals surface area contributed by atoms with E-state index in [0.29, 0.717) is 27.2 Å². The zero-order valence-corrected chi connectivity index (χ0v) is 11.4. The van der Waals surface area contributed by atoms with Crippen LogP contribution in [0.3, 0.4) is 0 Å². The summed E-state index contributed by atoms with van der Waals surface area (Å²) in [5.74, 6) is 1.15. The Morgan fingerprint density at radius 2 is 1.83 bits per heavy atom. The van der Waals surface area contributed by atoms with E-state index in [-0.39, 0.29) is 4.99 Å². The van der Waals surface area contributed by atoms with Crippen LogP contribution in [0.4, 0.5) is 0 Å². The largest absolute Gasteiger partial charge is 0.457 e. The predicted octanol–water partition coefficient (Wildman–Crippen LogP) is 3.81. The summed E-state index contributed by atoms with van der Waals surface area (Å²) in [5.41, 5.74) is 6.00. The molecule has 0 aliphatic rings. The number of nitrogens with two attached hydrogens (primary N) is 1. The van der Waals surface area contributed by atoms with Crippen LogP contribution in [-0.2, 0) is 0 Å².